The van der Waals surface area contributed by atoms with Crippen LogP contribution < -0.4 is 10.6 Å². The Balaban J connectivity index is 1.76. The van der Waals surface area contributed by atoms with E-state index < -0.39 is 0 Å². The molecule has 0 bridgehead atoms. The van der Waals surface area contributed by atoms with E-state index in [-0.39, 0.29) is 5.91 Å². The lowest BCUT2D eigenvalue weighted by atomic mass is 10.1. The highest BCUT2D eigenvalue weighted by molar-refractivity contribution is 7.14. The van der Waals surface area contributed by atoms with Gasteiger partial charge in [0.1, 0.15) is 0 Å². The van der Waals surface area contributed by atoms with Gasteiger partial charge in [-0.15, -0.1) is 11.3 Å². The van der Waals surface area contributed by atoms with Crippen molar-refractivity contribution >= 4 is 28.1 Å². The second-order valence-corrected chi connectivity index (χ2v) is 7.15. The average molecular weight is 360 g/mol. The van der Waals surface area contributed by atoms with Crippen molar-refractivity contribution in [3.8, 4) is 11.3 Å². The van der Waals surface area contributed by atoms with Crippen molar-refractivity contribution in [2.24, 2.45) is 0 Å². The van der Waals surface area contributed by atoms with Crippen molar-refractivity contribution in [3.05, 3.63) is 29.6 Å². The first-order valence-electron chi connectivity index (χ1n) is 9.26. The Bertz CT molecular complexity index is 654. The smallest absolute Gasteiger partial charge is 0.224 e. The van der Waals surface area contributed by atoms with Crippen LogP contribution in [0.5, 0.6) is 0 Å². The Morgan fingerprint density at radius 3 is 2.60 bits per heavy atom. The van der Waals surface area contributed by atoms with Gasteiger partial charge in [-0.3, -0.25) is 4.79 Å². The van der Waals surface area contributed by atoms with Crippen LogP contribution in [-0.4, -0.2) is 17.9 Å². The molecular formula is C20H29N3OS. The van der Waals surface area contributed by atoms with Gasteiger partial charge in [-0.05, 0) is 18.6 Å². The van der Waals surface area contributed by atoms with Crippen molar-refractivity contribution in [2.75, 3.05) is 17.7 Å². The molecule has 0 radical (unpaired) electrons. The molecule has 0 aliphatic heterocycles. The van der Waals surface area contributed by atoms with Crippen molar-refractivity contribution in [3.63, 3.8) is 0 Å². The molecule has 2 aromatic rings. The monoisotopic (exact) mass is 359 g/mol. The van der Waals surface area contributed by atoms with Gasteiger partial charge in [-0.2, -0.15) is 0 Å². The number of carbonyl (C=O) groups excluding carboxylic acids is 1. The minimum absolute atomic E-state index is 0.0971. The number of nitrogens with zero attached hydrogens (tertiary/aromatic N) is 1. The lowest BCUT2D eigenvalue weighted by molar-refractivity contribution is -0.116. The molecule has 0 aliphatic rings. The fourth-order valence-electron chi connectivity index (χ4n) is 2.74. The Morgan fingerprint density at radius 2 is 1.88 bits per heavy atom. The zero-order chi connectivity index (χ0) is 17.9. The second kappa shape index (κ2) is 10.9. The number of aromatic nitrogens is 1. The topological polar surface area (TPSA) is 54.0 Å². The van der Waals surface area contributed by atoms with Crippen LogP contribution in [0.2, 0.25) is 0 Å². The standard InChI is InChI=1S/C20H29N3OS/c1-3-4-5-6-7-8-9-13-19(24)22-17-12-10-11-16(14-17)18-15-25-20(21-2)23-18/h10-12,14-15H,3-9,13H2,1-2H3,(H,21,23)(H,22,24). The lowest BCUT2D eigenvalue weighted by Gasteiger charge is -2.07. The van der Waals surface area contributed by atoms with Gasteiger partial charge in [0.25, 0.3) is 0 Å². The predicted octanol–water partition coefficient (Wildman–Crippen LogP) is 5.93. The highest BCUT2D eigenvalue weighted by atomic mass is 32.1. The van der Waals surface area contributed by atoms with E-state index in [1.807, 2.05) is 36.7 Å². The van der Waals surface area contributed by atoms with Gasteiger partial charge >= 0.3 is 0 Å². The van der Waals surface area contributed by atoms with Gasteiger partial charge in [0.2, 0.25) is 5.91 Å². The summed E-state index contributed by atoms with van der Waals surface area (Å²) in [4.78, 5) is 16.6. The van der Waals surface area contributed by atoms with Gasteiger partial charge in [-0.1, -0.05) is 57.6 Å². The second-order valence-electron chi connectivity index (χ2n) is 6.29. The zero-order valence-corrected chi connectivity index (χ0v) is 16.1. The molecule has 1 aromatic heterocycles. The largest absolute Gasteiger partial charge is 0.365 e. The van der Waals surface area contributed by atoms with Crippen molar-refractivity contribution < 1.29 is 4.79 Å². The number of nitrogens with one attached hydrogen (secondary N) is 2. The Morgan fingerprint density at radius 1 is 1.12 bits per heavy atom. The molecule has 1 heterocycles. The molecule has 5 heteroatoms. The molecule has 1 amide bonds. The van der Waals surface area contributed by atoms with Crippen LogP contribution >= 0.6 is 11.3 Å². The first kappa shape index (κ1) is 19.4. The number of amides is 1. The summed E-state index contributed by atoms with van der Waals surface area (Å²) in [5.74, 6) is 0.0971. The van der Waals surface area contributed by atoms with Gasteiger partial charge < -0.3 is 10.6 Å². The summed E-state index contributed by atoms with van der Waals surface area (Å²) in [6.07, 6.45) is 9.16. The van der Waals surface area contributed by atoms with Crippen molar-refractivity contribution in [1.82, 2.24) is 4.98 Å². The molecule has 0 spiro atoms. The van der Waals surface area contributed by atoms with Crippen LogP contribution in [0, 0.1) is 0 Å². The van der Waals surface area contributed by atoms with E-state index in [0.717, 1.165) is 34.9 Å². The molecule has 0 aliphatic carbocycles. The molecule has 0 saturated heterocycles. The minimum Gasteiger partial charge on any atom is -0.365 e. The summed E-state index contributed by atoms with van der Waals surface area (Å²) < 4.78 is 0. The molecule has 2 rings (SSSR count). The van der Waals surface area contributed by atoms with E-state index in [4.69, 9.17) is 0 Å². The number of hydrogen-bond donors (Lipinski definition) is 2. The van der Waals surface area contributed by atoms with Crippen LogP contribution in [0.4, 0.5) is 10.8 Å². The number of benzene rings is 1. The van der Waals surface area contributed by atoms with Crippen LogP contribution in [0.1, 0.15) is 58.3 Å². The molecule has 0 saturated carbocycles. The van der Waals surface area contributed by atoms with E-state index in [0.29, 0.717) is 6.42 Å². The van der Waals surface area contributed by atoms with Gasteiger partial charge in [0.05, 0.1) is 5.69 Å². The number of thiazole rings is 1. The first-order chi connectivity index (χ1) is 12.2. The number of unbranched alkanes of at least 4 members (excludes halogenated alkanes) is 6. The molecule has 4 nitrogen and oxygen atoms in total. The Kier molecular flexibility index (Phi) is 8.46. The Labute approximate surface area is 155 Å². The maximum absolute atomic E-state index is 12.1. The van der Waals surface area contributed by atoms with Crippen LogP contribution in [-0.2, 0) is 4.79 Å². The molecule has 0 unspecified atom stereocenters. The van der Waals surface area contributed by atoms with Crippen LogP contribution in [0.3, 0.4) is 0 Å². The fourth-order valence-corrected chi connectivity index (χ4v) is 3.42. The molecular weight excluding hydrogens is 330 g/mol. The highest BCUT2D eigenvalue weighted by Gasteiger charge is 2.06. The molecule has 0 fully saturated rings. The molecule has 136 valence electrons. The number of carbonyl (C=O) groups is 1. The molecule has 25 heavy (non-hydrogen) atoms. The van der Waals surface area contributed by atoms with E-state index in [9.17, 15) is 4.79 Å². The third-order valence-corrected chi connectivity index (χ3v) is 5.03. The van der Waals surface area contributed by atoms with Crippen LogP contribution in [0.15, 0.2) is 29.6 Å². The molecule has 0 atom stereocenters. The fraction of sp³-hybridized carbons (Fsp3) is 0.500. The summed E-state index contributed by atoms with van der Waals surface area (Å²) in [5.41, 5.74) is 2.79. The average Bonchev–Trinajstić information content (AvgIpc) is 3.10. The summed E-state index contributed by atoms with van der Waals surface area (Å²) in [7, 11) is 1.86. The number of anilines is 2. The Hall–Kier alpha value is -1.88. The lowest BCUT2D eigenvalue weighted by Crippen LogP contribution is -2.11. The number of rotatable bonds is 11. The van der Waals surface area contributed by atoms with Gasteiger partial charge in [0, 0.05) is 30.1 Å². The zero-order valence-electron chi connectivity index (χ0n) is 15.3. The third-order valence-electron chi connectivity index (χ3n) is 4.17. The molecule has 1 aromatic carbocycles. The van der Waals surface area contributed by atoms with Crippen molar-refractivity contribution in [1.29, 1.82) is 0 Å². The SMILES string of the molecule is CCCCCCCCCC(=O)Nc1cccc(-c2csc(NC)n2)c1. The van der Waals surface area contributed by atoms with E-state index >= 15 is 0 Å². The minimum atomic E-state index is 0.0971. The summed E-state index contributed by atoms with van der Waals surface area (Å²) in [6.45, 7) is 2.23. The third kappa shape index (κ3) is 6.86. The predicted molar refractivity (Wildman–Crippen MR) is 108 cm³/mol. The highest BCUT2D eigenvalue weighted by Crippen LogP contribution is 2.26. The first-order valence-corrected chi connectivity index (χ1v) is 10.1. The summed E-state index contributed by atoms with van der Waals surface area (Å²) in [6, 6.07) is 7.88. The molecule has 2 N–H and O–H groups in total. The van der Waals surface area contributed by atoms with Gasteiger partial charge in [0.15, 0.2) is 5.13 Å². The van der Waals surface area contributed by atoms with Gasteiger partial charge in [-0.25, -0.2) is 4.98 Å². The van der Waals surface area contributed by atoms with E-state index in [1.165, 1.54) is 32.1 Å². The maximum Gasteiger partial charge on any atom is 0.224 e. The maximum atomic E-state index is 12.1. The number of hydrogen-bond acceptors (Lipinski definition) is 4. The van der Waals surface area contributed by atoms with Crippen molar-refractivity contribution in [2.45, 2.75) is 58.3 Å². The van der Waals surface area contributed by atoms with E-state index in [2.05, 4.69) is 22.5 Å². The quantitative estimate of drug-likeness (QED) is 0.489. The summed E-state index contributed by atoms with van der Waals surface area (Å²) in [5, 5.41) is 8.96. The van der Waals surface area contributed by atoms with Crippen LogP contribution in [0.25, 0.3) is 11.3 Å². The summed E-state index contributed by atoms with van der Waals surface area (Å²) >= 11 is 1.58. The normalized spacial score (nSPS) is 10.6. The van der Waals surface area contributed by atoms with E-state index in [1.54, 1.807) is 11.3 Å².